The molecular weight excluding hydrogens is 340 g/mol. The third kappa shape index (κ3) is 5.84. The molecular formula is C22H28N2O3. The maximum atomic E-state index is 12.7. The summed E-state index contributed by atoms with van der Waals surface area (Å²) in [5.41, 5.74) is 1.41. The molecule has 0 fully saturated rings. The molecule has 0 heterocycles. The lowest BCUT2D eigenvalue weighted by Crippen LogP contribution is -2.32. The van der Waals surface area contributed by atoms with Gasteiger partial charge < -0.3 is 15.4 Å². The molecule has 0 aliphatic heterocycles. The summed E-state index contributed by atoms with van der Waals surface area (Å²) >= 11 is 0. The molecule has 2 aromatic carbocycles. The number of anilines is 1. The number of nitrogens with one attached hydrogen (secondary N) is 2. The molecule has 2 unspecified atom stereocenters. The molecule has 2 rings (SSSR count). The first-order valence-corrected chi connectivity index (χ1v) is 9.42. The number of carbonyl (C=O) groups excluding carboxylic acids is 2. The summed E-state index contributed by atoms with van der Waals surface area (Å²) in [6, 6.07) is 14.1. The van der Waals surface area contributed by atoms with Gasteiger partial charge in [-0.2, -0.15) is 0 Å². The Bertz CT molecular complexity index is 789. The minimum Gasteiger partial charge on any atom is -0.491 e. The number of benzene rings is 2. The van der Waals surface area contributed by atoms with Crippen LogP contribution in [0.4, 0.5) is 5.69 Å². The summed E-state index contributed by atoms with van der Waals surface area (Å²) in [7, 11) is 0. The zero-order valence-electron chi connectivity index (χ0n) is 16.4. The van der Waals surface area contributed by atoms with E-state index in [-0.39, 0.29) is 24.0 Å². The second kappa shape index (κ2) is 9.76. The van der Waals surface area contributed by atoms with Gasteiger partial charge in [0.2, 0.25) is 0 Å². The molecule has 5 nitrogen and oxygen atoms in total. The zero-order valence-corrected chi connectivity index (χ0v) is 16.4. The standard InChI is InChI=1S/C22H28N2O3/c1-5-15(3)23-22(26)19-12-7-8-13-20(19)24-21(25)17-10-9-11-18(14-17)27-16(4)6-2/h7-16H,5-6H2,1-4H3,(H,23,26)(H,24,25). The van der Waals surface area contributed by atoms with Crippen LogP contribution in [0.3, 0.4) is 0 Å². The van der Waals surface area contributed by atoms with Crippen LogP contribution in [0.5, 0.6) is 5.75 Å². The fourth-order valence-electron chi connectivity index (χ4n) is 2.41. The van der Waals surface area contributed by atoms with Gasteiger partial charge in [-0.25, -0.2) is 0 Å². The first-order valence-electron chi connectivity index (χ1n) is 9.42. The molecule has 0 spiro atoms. The minimum atomic E-state index is -0.284. The Labute approximate surface area is 161 Å². The normalized spacial score (nSPS) is 12.7. The van der Waals surface area contributed by atoms with Gasteiger partial charge in [-0.3, -0.25) is 9.59 Å². The topological polar surface area (TPSA) is 67.4 Å². The Morgan fingerprint density at radius 3 is 2.41 bits per heavy atom. The highest BCUT2D eigenvalue weighted by molar-refractivity contribution is 6.09. The van der Waals surface area contributed by atoms with Gasteiger partial charge in [-0.1, -0.05) is 32.0 Å². The van der Waals surface area contributed by atoms with Gasteiger partial charge in [0.1, 0.15) is 5.75 Å². The molecule has 0 aliphatic rings. The number of hydrogen-bond acceptors (Lipinski definition) is 3. The van der Waals surface area contributed by atoms with Gasteiger partial charge in [-0.05, 0) is 57.0 Å². The highest BCUT2D eigenvalue weighted by atomic mass is 16.5. The van der Waals surface area contributed by atoms with E-state index < -0.39 is 0 Å². The van der Waals surface area contributed by atoms with E-state index in [0.29, 0.717) is 22.6 Å². The predicted octanol–water partition coefficient (Wildman–Crippen LogP) is 4.64. The average Bonchev–Trinajstić information content (AvgIpc) is 2.68. The Morgan fingerprint density at radius 1 is 0.963 bits per heavy atom. The average molecular weight is 368 g/mol. The van der Waals surface area contributed by atoms with Crippen molar-refractivity contribution < 1.29 is 14.3 Å². The fourth-order valence-corrected chi connectivity index (χ4v) is 2.41. The summed E-state index contributed by atoms with van der Waals surface area (Å²) in [4.78, 5) is 25.2. The van der Waals surface area contributed by atoms with Crippen LogP contribution >= 0.6 is 0 Å². The maximum Gasteiger partial charge on any atom is 0.255 e. The van der Waals surface area contributed by atoms with Crippen molar-refractivity contribution in [3.63, 3.8) is 0 Å². The number of para-hydroxylation sites is 1. The highest BCUT2D eigenvalue weighted by Crippen LogP contribution is 2.19. The van der Waals surface area contributed by atoms with E-state index in [9.17, 15) is 9.59 Å². The molecule has 2 aromatic rings. The lowest BCUT2D eigenvalue weighted by Gasteiger charge is -2.15. The van der Waals surface area contributed by atoms with E-state index in [4.69, 9.17) is 4.74 Å². The third-order valence-electron chi connectivity index (χ3n) is 4.42. The summed E-state index contributed by atoms with van der Waals surface area (Å²) in [6.45, 7) is 7.98. The van der Waals surface area contributed by atoms with Crippen molar-refractivity contribution in [2.75, 3.05) is 5.32 Å². The van der Waals surface area contributed by atoms with Gasteiger partial charge >= 0.3 is 0 Å². The zero-order chi connectivity index (χ0) is 19.8. The molecule has 2 amide bonds. The number of rotatable bonds is 8. The first-order chi connectivity index (χ1) is 12.9. The van der Waals surface area contributed by atoms with Gasteiger partial charge in [-0.15, -0.1) is 0 Å². The molecule has 27 heavy (non-hydrogen) atoms. The lowest BCUT2D eigenvalue weighted by molar-refractivity contribution is 0.0940. The molecule has 144 valence electrons. The van der Waals surface area contributed by atoms with Crippen LogP contribution in [0.15, 0.2) is 48.5 Å². The van der Waals surface area contributed by atoms with Crippen LogP contribution in [-0.2, 0) is 0 Å². The third-order valence-corrected chi connectivity index (χ3v) is 4.42. The van der Waals surface area contributed by atoms with Crippen LogP contribution in [0.25, 0.3) is 0 Å². The van der Waals surface area contributed by atoms with Gasteiger partial charge in [0.05, 0.1) is 17.4 Å². The molecule has 0 saturated carbocycles. The largest absolute Gasteiger partial charge is 0.491 e. The van der Waals surface area contributed by atoms with Crippen molar-refractivity contribution in [3.8, 4) is 5.75 Å². The molecule has 0 aliphatic carbocycles. The number of carbonyl (C=O) groups is 2. The van der Waals surface area contributed by atoms with Crippen molar-refractivity contribution in [2.24, 2.45) is 0 Å². The molecule has 2 N–H and O–H groups in total. The van der Waals surface area contributed by atoms with Gasteiger partial charge in [0.25, 0.3) is 11.8 Å². The van der Waals surface area contributed by atoms with Crippen LogP contribution in [0.2, 0.25) is 0 Å². The Balaban J connectivity index is 2.17. The van der Waals surface area contributed by atoms with Crippen molar-refractivity contribution in [2.45, 2.75) is 52.7 Å². The van der Waals surface area contributed by atoms with Crippen LogP contribution in [0.1, 0.15) is 61.3 Å². The Hall–Kier alpha value is -2.82. The van der Waals surface area contributed by atoms with Crippen molar-refractivity contribution >= 4 is 17.5 Å². The van der Waals surface area contributed by atoms with Crippen molar-refractivity contribution in [1.29, 1.82) is 0 Å². The van der Waals surface area contributed by atoms with E-state index in [0.717, 1.165) is 12.8 Å². The SMILES string of the molecule is CCC(C)NC(=O)c1ccccc1NC(=O)c1cccc(OC(C)CC)c1. The fraction of sp³-hybridized carbons (Fsp3) is 0.364. The van der Waals surface area contributed by atoms with Gasteiger partial charge in [0, 0.05) is 11.6 Å². The maximum absolute atomic E-state index is 12.7. The Morgan fingerprint density at radius 2 is 1.70 bits per heavy atom. The molecule has 2 atom stereocenters. The smallest absolute Gasteiger partial charge is 0.255 e. The summed E-state index contributed by atoms with van der Waals surface area (Å²) in [5.74, 6) is 0.169. The molecule has 0 bridgehead atoms. The highest BCUT2D eigenvalue weighted by Gasteiger charge is 2.16. The van der Waals surface area contributed by atoms with E-state index in [1.165, 1.54) is 0 Å². The van der Waals surface area contributed by atoms with E-state index >= 15 is 0 Å². The predicted molar refractivity (Wildman–Crippen MR) is 108 cm³/mol. The quantitative estimate of drug-likeness (QED) is 0.713. The molecule has 5 heteroatoms. The van der Waals surface area contributed by atoms with E-state index in [1.807, 2.05) is 33.8 Å². The monoisotopic (exact) mass is 368 g/mol. The number of ether oxygens (including phenoxy) is 1. The lowest BCUT2D eigenvalue weighted by atomic mass is 10.1. The molecule has 0 saturated heterocycles. The molecule has 0 aromatic heterocycles. The van der Waals surface area contributed by atoms with Crippen LogP contribution in [0, 0.1) is 0 Å². The number of amides is 2. The first kappa shape index (κ1) is 20.5. The van der Waals surface area contributed by atoms with Gasteiger partial charge in [0.15, 0.2) is 0 Å². The van der Waals surface area contributed by atoms with Crippen molar-refractivity contribution in [3.05, 3.63) is 59.7 Å². The summed E-state index contributed by atoms with van der Waals surface area (Å²) in [5, 5.41) is 5.76. The minimum absolute atomic E-state index is 0.0654. The van der Waals surface area contributed by atoms with E-state index in [2.05, 4.69) is 10.6 Å². The molecule has 0 radical (unpaired) electrons. The Kier molecular flexibility index (Phi) is 7.41. The second-order valence-corrected chi connectivity index (χ2v) is 6.65. The van der Waals surface area contributed by atoms with E-state index in [1.54, 1.807) is 42.5 Å². The van der Waals surface area contributed by atoms with Crippen molar-refractivity contribution in [1.82, 2.24) is 5.32 Å². The number of hydrogen-bond donors (Lipinski definition) is 2. The van der Waals surface area contributed by atoms with Crippen LogP contribution in [-0.4, -0.2) is 24.0 Å². The summed E-state index contributed by atoms with van der Waals surface area (Å²) < 4.78 is 5.78. The summed E-state index contributed by atoms with van der Waals surface area (Å²) in [6.07, 6.45) is 1.80. The second-order valence-electron chi connectivity index (χ2n) is 6.65. The van der Waals surface area contributed by atoms with Crippen LogP contribution < -0.4 is 15.4 Å².